The summed E-state index contributed by atoms with van der Waals surface area (Å²) in [6.07, 6.45) is 10.6. The zero-order valence-electron chi connectivity index (χ0n) is 12.9. The number of hydrazine groups is 1. The summed E-state index contributed by atoms with van der Waals surface area (Å²) >= 11 is 1.73. The summed E-state index contributed by atoms with van der Waals surface area (Å²) in [5.74, 6) is 7.48. The highest BCUT2D eigenvalue weighted by molar-refractivity contribution is 7.09. The number of hydrogen-bond donors (Lipinski definition) is 2. The molecule has 1 unspecified atom stereocenters. The zero-order chi connectivity index (χ0) is 14.4. The number of nitrogens with two attached hydrogens (primary N) is 1. The van der Waals surface area contributed by atoms with Crippen molar-refractivity contribution in [1.29, 1.82) is 0 Å². The Bertz CT molecular complexity index is 383. The Hall–Kier alpha value is -0.450. The molecule has 1 fully saturated rings. The summed E-state index contributed by atoms with van der Waals surface area (Å²) in [5, 5.41) is 3.33. The lowest BCUT2D eigenvalue weighted by Gasteiger charge is -2.33. The van der Waals surface area contributed by atoms with Crippen molar-refractivity contribution in [3.63, 3.8) is 0 Å². The van der Waals surface area contributed by atoms with Crippen molar-refractivity contribution >= 4 is 11.3 Å². The molecule has 114 valence electrons. The van der Waals surface area contributed by atoms with Crippen LogP contribution in [0, 0.1) is 18.8 Å². The molecule has 0 amide bonds. The average Bonchev–Trinajstić information content (AvgIpc) is 2.88. The first-order valence-corrected chi connectivity index (χ1v) is 8.98. The smallest absolute Gasteiger partial charge is 0.0897 e. The van der Waals surface area contributed by atoms with Gasteiger partial charge in [-0.25, -0.2) is 4.98 Å². The quantitative estimate of drug-likeness (QED) is 0.594. The maximum Gasteiger partial charge on any atom is 0.0897 e. The number of rotatable bonds is 7. The summed E-state index contributed by atoms with van der Waals surface area (Å²) in [6, 6.07) is 0.392. The van der Waals surface area contributed by atoms with Crippen LogP contribution in [0.4, 0.5) is 0 Å². The molecule has 0 spiro atoms. The van der Waals surface area contributed by atoms with Gasteiger partial charge in [-0.15, -0.1) is 11.3 Å². The van der Waals surface area contributed by atoms with Gasteiger partial charge >= 0.3 is 0 Å². The van der Waals surface area contributed by atoms with Gasteiger partial charge in [0.15, 0.2) is 0 Å². The van der Waals surface area contributed by atoms with Gasteiger partial charge in [-0.3, -0.25) is 11.3 Å². The Labute approximate surface area is 127 Å². The van der Waals surface area contributed by atoms with Crippen LogP contribution < -0.4 is 11.3 Å². The summed E-state index contributed by atoms with van der Waals surface area (Å²) in [4.78, 5) is 4.57. The van der Waals surface area contributed by atoms with Crippen molar-refractivity contribution in [3.05, 3.63) is 16.1 Å². The summed E-state index contributed by atoms with van der Waals surface area (Å²) in [7, 11) is 0. The molecule has 0 aliphatic heterocycles. The third-order valence-corrected chi connectivity index (χ3v) is 5.56. The largest absolute Gasteiger partial charge is 0.271 e. The first-order valence-electron chi connectivity index (χ1n) is 8.10. The predicted octanol–water partition coefficient (Wildman–Crippen LogP) is 3.82. The Balaban J connectivity index is 1.81. The predicted molar refractivity (Wildman–Crippen MR) is 86.6 cm³/mol. The highest BCUT2D eigenvalue weighted by atomic mass is 32.1. The Morgan fingerprint density at radius 3 is 2.70 bits per heavy atom. The van der Waals surface area contributed by atoms with E-state index < -0.39 is 0 Å². The standard InChI is InChI=1S/C16H29N3S/c1-3-4-5-13-6-8-14(9-7-13)16(19-17)10-15-11-20-12(2)18-15/h11,13-14,16,19H,3-10,17H2,1-2H3. The molecular weight excluding hydrogens is 266 g/mol. The first kappa shape index (κ1) is 15.9. The molecule has 0 saturated heterocycles. The van der Waals surface area contributed by atoms with Gasteiger partial charge in [-0.2, -0.15) is 0 Å². The number of aromatic nitrogens is 1. The lowest BCUT2D eigenvalue weighted by molar-refractivity contribution is 0.211. The number of nitrogens with one attached hydrogen (secondary N) is 1. The fourth-order valence-corrected chi connectivity index (χ4v) is 4.09. The van der Waals surface area contributed by atoms with Crippen molar-refractivity contribution in [2.24, 2.45) is 17.7 Å². The molecular formula is C16H29N3S. The van der Waals surface area contributed by atoms with E-state index in [1.807, 2.05) is 0 Å². The van der Waals surface area contributed by atoms with Crippen molar-refractivity contribution in [2.75, 3.05) is 0 Å². The van der Waals surface area contributed by atoms with Crippen LogP contribution in [0.2, 0.25) is 0 Å². The second-order valence-electron chi connectivity index (χ2n) is 6.26. The normalized spacial score (nSPS) is 24.8. The van der Waals surface area contributed by atoms with E-state index in [4.69, 9.17) is 5.84 Å². The van der Waals surface area contributed by atoms with Gasteiger partial charge < -0.3 is 0 Å². The molecule has 3 nitrogen and oxygen atoms in total. The minimum atomic E-state index is 0.392. The van der Waals surface area contributed by atoms with E-state index >= 15 is 0 Å². The lowest BCUT2D eigenvalue weighted by Crippen LogP contribution is -2.43. The second-order valence-corrected chi connectivity index (χ2v) is 7.32. The van der Waals surface area contributed by atoms with E-state index in [1.165, 1.54) is 50.6 Å². The van der Waals surface area contributed by atoms with Crippen LogP contribution in [0.1, 0.15) is 62.6 Å². The molecule has 3 N–H and O–H groups in total. The number of aryl methyl sites for hydroxylation is 1. The molecule has 0 aromatic carbocycles. The molecule has 1 heterocycles. The molecule has 1 aliphatic carbocycles. The van der Waals surface area contributed by atoms with Crippen molar-refractivity contribution in [2.45, 2.75) is 71.3 Å². The van der Waals surface area contributed by atoms with Crippen LogP contribution in [-0.2, 0) is 6.42 Å². The minimum Gasteiger partial charge on any atom is -0.271 e. The molecule has 1 aromatic rings. The number of thiazole rings is 1. The van der Waals surface area contributed by atoms with E-state index in [0.717, 1.165) is 23.3 Å². The van der Waals surface area contributed by atoms with Crippen LogP contribution in [0.15, 0.2) is 5.38 Å². The SMILES string of the molecule is CCCCC1CCC(C(Cc2csc(C)n2)NN)CC1. The van der Waals surface area contributed by atoms with Gasteiger partial charge in [-0.1, -0.05) is 39.0 Å². The molecule has 2 rings (SSSR count). The summed E-state index contributed by atoms with van der Waals surface area (Å²) in [6.45, 7) is 4.35. The lowest BCUT2D eigenvalue weighted by atomic mass is 9.76. The van der Waals surface area contributed by atoms with Gasteiger partial charge in [0.2, 0.25) is 0 Å². The highest BCUT2D eigenvalue weighted by Crippen LogP contribution is 2.34. The summed E-state index contributed by atoms with van der Waals surface area (Å²) in [5.41, 5.74) is 4.25. The number of nitrogens with zero attached hydrogens (tertiary/aromatic N) is 1. The molecule has 0 bridgehead atoms. The molecule has 4 heteroatoms. The minimum absolute atomic E-state index is 0.392. The fraction of sp³-hybridized carbons (Fsp3) is 0.812. The van der Waals surface area contributed by atoms with Crippen LogP contribution in [-0.4, -0.2) is 11.0 Å². The number of hydrogen-bond acceptors (Lipinski definition) is 4. The van der Waals surface area contributed by atoms with Gasteiger partial charge in [0.25, 0.3) is 0 Å². The topological polar surface area (TPSA) is 50.9 Å². The van der Waals surface area contributed by atoms with E-state index in [1.54, 1.807) is 11.3 Å². The number of unbranched alkanes of at least 4 members (excludes halogenated alkanes) is 1. The van der Waals surface area contributed by atoms with Crippen LogP contribution in [0.3, 0.4) is 0 Å². The Kier molecular flexibility index (Phi) is 6.46. The Morgan fingerprint density at radius 1 is 1.40 bits per heavy atom. The van der Waals surface area contributed by atoms with E-state index in [-0.39, 0.29) is 0 Å². The van der Waals surface area contributed by atoms with Gasteiger partial charge in [-0.05, 0) is 31.6 Å². The highest BCUT2D eigenvalue weighted by Gasteiger charge is 2.27. The van der Waals surface area contributed by atoms with E-state index in [2.05, 4.69) is 29.6 Å². The summed E-state index contributed by atoms with van der Waals surface area (Å²) < 4.78 is 0. The molecule has 1 aromatic heterocycles. The van der Waals surface area contributed by atoms with Gasteiger partial charge in [0.05, 0.1) is 10.7 Å². The van der Waals surface area contributed by atoms with E-state index in [0.29, 0.717) is 6.04 Å². The third-order valence-electron chi connectivity index (χ3n) is 4.74. The van der Waals surface area contributed by atoms with E-state index in [9.17, 15) is 0 Å². The van der Waals surface area contributed by atoms with Crippen LogP contribution in [0.5, 0.6) is 0 Å². The monoisotopic (exact) mass is 295 g/mol. The third kappa shape index (κ3) is 4.54. The first-order chi connectivity index (χ1) is 9.72. The van der Waals surface area contributed by atoms with Gasteiger partial charge in [0, 0.05) is 17.8 Å². The maximum atomic E-state index is 5.80. The van der Waals surface area contributed by atoms with Crippen LogP contribution >= 0.6 is 11.3 Å². The molecule has 1 atom stereocenters. The van der Waals surface area contributed by atoms with Gasteiger partial charge in [0.1, 0.15) is 0 Å². The van der Waals surface area contributed by atoms with Crippen molar-refractivity contribution < 1.29 is 0 Å². The molecule has 20 heavy (non-hydrogen) atoms. The zero-order valence-corrected chi connectivity index (χ0v) is 13.7. The van der Waals surface area contributed by atoms with Crippen molar-refractivity contribution in [1.82, 2.24) is 10.4 Å². The fourth-order valence-electron chi connectivity index (χ4n) is 3.46. The molecule has 1 aliphatic rings. The Morgan fingerprint density at radius 2 is 2.15 bits per heavy atom. The van der Waals surface area contributed by atoms with Crippen molar-refractivity contribution in [3.8, 4) is 0 Å². The second kappa shape index (κ2) is 8.11. The molecule has 0 radical (unpaired) electrons. The average molecular weight is 295 g/mol. The maximum absolute atomic E-state index is 5.80. The van der Waals surface area contributed by atoms with Crippen LogP contribution in [0.25, 0.3) is 0 Å². The molecule has 1 saturated carbocycles.